The summed E-state index contributed by atoms with van der Waals surface area (Å²) in [5, 5.41) is 9.76. The van der Waals surface area contributed by atoms with E-state index >= 15 is 0 Å². The van der Waals surface area contributed by atoms with Gasteiger partial charge in [0.15, 0.2) is 0 Å². The monoisotopic (exact) mass is 282 g/mol. The standard InChI is InChI=1S/C14H22N2O2S/c1-4-16(11-14(2,3)18)13(17)10-19-9-12-6-5-7-15-8-12/h5-8,18H,4,9-11H2,1-3H3. The molecule has 0 aromatic carbocycles. The van der Waals surface area contributed by atoms with Crippen LogP contribution in [0.3, 0.4) is 0 Å². The number of nitrogens with zero attached hydrogens (tertiary/aromatic N) is 2. The van der Waals surface area contributed by atoms with Crippen LogP contribution < -0.4 is 0 Å². The number of likely N-dealkylation sites (N-methyl/N-ethyl adjacent to an activating group) is 1. The van der Waals surface area contributed by atoms with Gasteiger partial charge in [0.05, 0.1) is 11.4 Å². The minimum absolute atomic E-state index is 0.0681. The van der Waals surface area contributed by atoms with Gasteiger partial charge in [-0.3, -0.25) is 9.78 Å². The van der Waals surface area contributed by atoms with E-state index in [-0.39, 0.29) is 5.91 Å². The van der Waals surface area contributed by atoms with E-state index in [2.05, 4.69) is 4.98 Å². The predicted octanol–water partition coefficient (Wildman–Crippen LogP) is 1.93. The summed E-state index contributed by atoms with van der Waals surface area (Å²) in [5.74, 6) is 1.27. The number of aliphatic hydroxyl groups is 1. The van der Waals surface area contributed by atoms with Gasteiger partial charge in [0.2, 0.25) is 5.91 Å². The van der Waals surface area contributed by atoms with Crippen LogP contribution in [-0.4, -0.2) is 45.3 Å². The molecule has 0 aliphatic heterocycles. The Morgan fingerprint density at radius 3 is 2.79 bits per heavy atom. The van der Waals surface area contributed by atoms with Crippen LogP contribution in [0.4, 0.5) is 0 Å². The van der Waals surface area contributed by atoms with Crippen molar-refractivity contribution >= 4 is 17.7 Å². The molecule has 106 valence electrons. The zero-order valence-electron chi connectivity index (χ0n) is 11.8. The van der Waals surface area contributed by atoms with Crippen molar-refractivity contribution in [2.24, 2.45) is 0 Å². The van der Waals surface area contributed by atoms with Gasteiger partial charge in [-0.15, -0.1) is 11.8 Å². The van der Waals surface area contributed by atoms with Gasteiger partial charge in [0.25, 0.3) is 0 Å². The number of thioether (sulfide) groups is 1. The van der Waals surface area contributed by atoms with Gasteiger partial charge in [0, 0.05) is 31.2 Å². The molecule has 1 N–H and O–H groups in total. The molecule has 0 aliphatic rings. The Bertz CT molecular complexity index is 390. The summed E-state index contributed by atoms with van der Waals surface area (Å²) < 4.78 is 0. The smallest absolute Gasteiger partial charge is 0.232 e. The molecule has 19 heavy (non-hydrogen) atoms. The minimum atomic E-state index is -0.848. The maximum absolute atomic E-state index is 12.0. The molecule has 0 saturated carbocycles. The average Bonchev–Trinajstić information content (AvgIpc) is 2.36. The third kappa shape index (κ3) is 6.59. The Kier molecular flexibility index (Phi) is 6.31. The molecule has 0 saturated heterocycles. The lowest BCUT2D eigenvalue weighted by atomic mass is 10.1. The summed E-state index contributed by atoms with van der Waals surface area (Å²) >= 11 is 1.57. The Morgan fingerprint density at radius 1 is 1.53 bits per heavy atom. The first kappa shape index (κ1) is 16.0. The second-order valence-corrected chi connectivity index (χ2v) is 6.06. The van der Waals surface area contributed by atoms with Crippen LogP contribution >= 0.6 is 11.8 Å². The van der Waals surface area contributed by atoms with Gasteiger partial charge in [-0.1, -0.05) is 6.07 Å². The quantitative estimate of drug-likeness (QED) is 0.830. The van der Waals surface area contributed by atoms with Crippen molar-refractivity contribution in [3.8, 4) is 0 Å². The van der Waals surface area contributed by atoms with Crippen molar-refractivity contribution in [2.75, 3.05) is 18.8 Å². The number of rotatable bonds is 7. The molecule has 0 spiro atoms. The van der Waals surface area contributed by atoms with Crippen molar-refractivity contribution in [2.45, 2.75) is 32.1 Å². The third-order valence-electron chi connectivity index (χ3n) is 2.53. The van der Waals surface area contributed by atoms with Crippen LogP contribution in [0.15, 0.2) is 24.5 Å². The molecule has 1 rings (SSSR count). The molecule has 1 aromatic rings. The van der Waals surface area contributed by atoms with Gasteiger partial charge >= 0.3 is 0 Å². The van der Waals surface area contributed by atoms with Crippen molar-refractivity contribution in [1.82, 2.24) is 9.88 Å². The molecule has 0 atom stereocenters. The second-order valence-electron chi connectivity index (χ2n) is 5.07. The van der Waals surface area contributed by atoms with Crippen LogP contribution in [0.2, 0.25) is 0 Å². The lowest BCUT2D eigenvalue weighted by molar-refractivity contribution is -0.131. The van der Waals surface area contributed by atoms with Crippen LogP contribution in [0, 0.1) is 0 Å². The summed E-state index contributed by atoms with van der Waals surface area (Å²) in [5.41, 5.74) is 0.269. The highest BCUT2D eigenvalue weighted by atomic mass is 32.2. The molecule has 1 aromatic heterocycles. The highest BCUT2D eigenvalue weighted by Gasteiger charge is 2.20. The van der Waals surface area contributed by atoms with Gasteiger partial charge in [-0.05, 0) is 32.4 Å². The van der Waals surface area contributed by atoms with Gasteiger partial charge in [-0.2, -0.15) is 0 Å². The number of carbonyl (C=O) groups excluding carboxylic acids is 1. The zero-order valence-corrected chi connectivity index (χ0v) is 12.6. The first-order chi connectivity index (χ1) is 8.92. The Hall–Kier alpha value is -1.07. The number of amides is 1. The second kappa shape index (κ2) is 7.50. The maximum atomic E-state index is 12.0. The average molecular weight is 282 g/mol. The zero-order chi connectivity index (χ0) is 14.3. The number of hydrogen-bond donors (Lipinski definition) is 1. The van der Waals surface area contributed by atoms with Crippen LogP contribution in [0.5, 0.6) is 0 Å². The Morgan fingerprint density at radius 2 is 2.26 bits per heavy atom. The number of hydrogen-bond acceptors (Lipinski definition) is 4. The van der Waals surface area contributed by atoms with E-state index in [9.17, 15) is 9.90 Å². The summed E-state index contributed by atoms with van der Waals surface area (Å²) in [6.45, 7) is 6.35. The maximum Gasteiger partial charge on any atom is 0.232 e. The Labute approximate surface area is 119 Å². The van der Waals surface area contributed by atoms with Crippen molar-refractivity contribution in [3.63, 3.8) is 0 Å². The van der Waals surface area contributed by atoms with Crippen molar-refractivity contribution in [1.29, 1.82) is 0 Å². The lowest BCUT2D eigenvalue weighted by Gasteiger charge is -2.28. The number of carbonyl (C=O) groups is 1. The molecule has 4 nitrogen and oxygen atoms in total. The van der Waals surface area contributed by atoms with Crippen LogP contribution in [0.25, 0.3) is 0 Å². The highest BCUT2D eigenvalue weighted by Crippen LogP contribution is 2.13. The van der Waals surface area contributed by atoms with Crippen molar-refractivity contribution < 1.29 is 9.90 Å². The molecule has 0 unspecified atom stereocenters. The van der Waals surface area contributed by atoms with Crippen LogP contribution in [-0.2, 0) is 10.5 Å². The van der Waals surface area contributed by atoms with E-state index in [0.717, 1.165) is 11.3 Å². The molecule has 1 amide bonds. The van der Waals surface area contributed by atoms with Gasteiger partial charge < -0.3 is 10.0 Å². The molecule has 0 radical (unpaired) electrons. The molecule has 5 heteroatoms. The van der Waals surface area contributed by atoms with E-state index < -0.39 is 5.60 Å². The summed E-state index contributed by atoms with van der Waals surface area (Å²) in [4.78, 5) is 17.8. The fourth-order valence-electron chi connectivity index (χ4n) is 1.67. The fraction of sp³-hybridized carbons (Fsp3) is 0.571. The number of aromatic nitrogens is 1. The topological polar surface area (TPSA) is 53.4 Å². The lowest BCUT2D eigenvalue weighted by Crippen LogP contribution is -2.42. The minimum Gasteiger partial charge on any atom is -0.389 e. The molecule has 1 heterocycles. The van der Waals surface area contributed by atoms with E-state index in [1.54, 1.807) is 36.7 Å². The summed E-state index contributed by atoms with van der Waals surface area (Å²) in [7, 11) is 0. The van der Waals surface area contributed by atoms with E-state index in [0.29, 0.717) is 18.8 Å². The molecular weight excluding hydrogens is 260 g/mol. The number of pyridine rings is 1. The summed E-state index contributed by atoms with van der Waals surface area (Å²) in [6, 6.07) is 3.89. The Balaban J connectivity index is 2.37. The normalized spacial score (nSPS) is 11.4. The van der Waals surface area contributed by atoms with Gasteiger partial charge in [0.1, 0.15) is 0 Å². The fourth-order valence-corrected chi connectivity index (χ4v) is 2.54. The largest absolute Gasteiger partial charge is 0.389 e. The van der Waals surface area contributed by atoms with Crippen LogP contribution in [0.1, 0.15) is 26.3 Å². The van der Waals surface area contributed by atoms with E-state index in [1.165, 1.54) is 0 Å². The third-order valence-corrected chi connectivity index (χ3v) is 3.52. The SMILES string of the molecule is CCN(CC(C)(C)O)C(=O)CSCc1cccnc1. The van der Waals surface area contributed by atoms with E-state index in [4.69, 9.17) is 0 Å². The van der Waals surface area contributed by atoms with E-state index in [1.807, 2.05) is 25.3 Å². The van der Waals surface area contributed by atoms with Crippen molar-refractivity contribution in [3.05, 3.63) is 30.1 Å². The van der Waals surface area contributed by atoms with Gasteiger partial charge in [-0.25, -0.2) is 0 Å². The first-order valence-corrected chi connectivity index (χ1v) is 7.54. The summed E-state index contributed by atoms with van der Waals surface area (Å²) in [6.07, 6.45) is 3.55. The molecule has 0 bridgehead atoms. The predicted molar refractivity (Wildman–Crippen MR) is 79.0 cm³/mol. The molecule has 0 fully saturated rings. The highest BCUT2D eigenvalue weighted by molar-refractivity contribution is 7.99. The first-order valence-electron chi connectivity index (χ1n) is 6.39. The molecular formula is C14H22N2O2S. The molecule has 0 aliphatic carbocycles.